The van der Waals surface area contributed by atoms with Gasteiger partial charge in [0.25, 0.3) is 0 Å². The van der Waals surface area contributed by atoms with Gasteiger partial charge in [-0.1, -0.05) is 12.2 Å². The second-order valence-corrected chi connectivity index (χ2v) is 1.85. The van der Waals surface area contributed by atoms with E-state index in [0.29, 0.717) is 0 Å². The van der Waals surface area contributed by atoms with Gasteiger partial charge in [0.15, 0.2) is 0 Å². The van der Waals surface area contributed by atoms with Crippen LogP contribution in [0.1, 0.15) is 0 Å². The maximum atomic E-state index is 10.0. The lowest BCUT2D eigenvalue weighted by molar-refractivity contribution is 0.183. The quantitative estimate of drug-likeness (QED) is 0.405. The largest absolute Gasteiger partial charge is 0.465 e. The van der Waals surface area contributed by atoms with Gasteiger partial charge in [-0.05, 0) is 0 Å². The summed E-state index contributed by atoms with van der Waals surface area (Å²) in [7, 11) is 0. The van der Waals surface area contributed by atoms with Crippen LogP contribution in [-0.4, -0.2) is 40.7 Å². The first-order valence-corrected chi connectivity index (χ1v) is 3.08. The van der Waals surface area contributed by atoms with Crippen LogP contribution in [0.25, 0.3) is 0 Å². The number of nitrogens with one attached hydrogen (secondary N) is 1. The molecule has 0 bridgehead atoms. The van der Waals surface area contributed by atoms with Crippen LogP contribution in [0, 0.1) is 0 Å². The zero-order valence-corrected chi connectivity index (χ0v) is 5.90. The van der Waals surface area contributed by atoms with Gasteiger partial charge in [-0.15, -0.1) is 0 Å². The minimum atomic E-state index is -1.20. The Balaban J connectivity index is 3.75. The van der Waals surface area contributed by atoms with E-state index in [1.807, 2.05) is 5.32 Å². The molecule has 64 valence electrons. The Kier molecular flexibility index (Phi) is 5.14. The molecule has 0 aromatic heterocycles. The number of aliphatic hydroxyl groups is 2. The molecule has 5 nitrogen and oxygen atoms in total. The van der Waals surface area contributed by atoms with Crippen LogP contribution in [-0.2, 0) is 0 Å². The molecule has 0 aliphatic rings. The molecule has 0 saturated heterocycles. The molecule has 0 saturated carbocycles. The number of rotatable bonds is 4. The van der Waals surface area contributed by atoms with Crippen molar-refractivity contribution in [3.63, 3.8) is 0 Å². The normalized spacial score (nSPS) is 13.3. The molecule has 11 heavy (non-hydrogen) atoms. The lowest BCUT2D eigenvalue weighted by Gasteiger charge is -2.07. The molecule has 0 aliphatic carbocycles. The Morgan fingerprint density at radius 1 is 1.55 bits per heavy atom. The fraction of sp³-hybridized carbons (Fsp3) is 0.500. The standard InChI is InChI=1S/C6H11NO4/c8-3-1-2-5(4-9)7-6(10)11/h1-2,5,7-9H,3-4H2,(H,10,11). The Hall–Kier alpha value is -1.07. The molecule has 1 atom stereocenters. The minimum absolute atomic E-state index is 0.169. The van der Waals surface area contributed by atoms with Gasteiger partial charge in [0.1, 0.15) is 0 Å². The topological polar surface area (TPSA) is 89.8 Å². The van der Waals surface area contributed by atoms with E-state index in [1.165, 1.54) is 12.2 Å². The molecule has 0 rings (SSSR count). The number of hydrogen-bond acceptors (Lipinski definition) is 3. The molecule has 0 heterocycles. The number of carboxylic acid groups (broad SMARTS) is 1. The monoisotopic (exact) mass is 161 g/mol. The van der Waals surface area contributed by atoms with E-state index in [2.05, 4.69) is 0 Å². The van der Waals surface area contributed by atoms with Crippen molar-refractivity contribution in [3.05, 3.63) is 12.2 Å². The van der Waals surface area contributed by atoms with Gasteiger partial charge in [-0.25, -0.2) is 4.79 Å². The predicted octanol–water partition coefficient (Wildman–Crippen LogP) is -0.837. The van der Waals surface area contributed by atoms with Crippen LogP contribution < -0.4 is 5.32 Å². The molecule has 0 radical (unpaired) electrons. The molecule has 5 heteroatoms. The van der Waals surface area contributed by atoms with Crippen LogP contribution in [0.5, 0.6) is 0 Å². The summed E-state index contributed by atoms with van der Waals surface area (Å²) in [5.74, 6) is 0. The van der Waals surface area contributed by atoms with Crippen molar-refractivity contribution in [2.75, 3.05) is 13.2 Å². The molecule has 0 fully saturated rings. The zero-order chi connectivity index (χ0) is 8.69. The number of carbonyl (C=O) groups is 1. The fourth-order valence-electron chi connectivity index (χ4n) is 0.538. The highest BCUT2D eigenvalue weighted by atomic mass is 16.4. The average molecular weight is 161 g/mol. The van der Waals surface area contributed by atoms with E-state index < -0.39 is 12.1 Å². The second kappa shape index (κ2) is 5.70. The summed E-state index contributed by atoms with van der Waals surface area (Å²) in [5.41, 5.74) is 0. The SMILES string of the molecule is O=C(O)NC(C=CCO)CO. The summed E-state index contributed by atoms with van der Waals surface area (Å²) < 4.78 is 0. The first kappa shape index (κ1) is 9.93. The van der Waals surface area contributed by atoms with Crippen LogP contribution >= 0.6 is 0 Å². The first-order chi connectivity index (χ1) is 5.20. The highest BCUT2D eigenvalue weighted by Crippen LogP contribution is 1.84. The Bertz CT molecular complexity index is 146. The average Bonchev–Trinajstić information content (AvgIpc) is 1.97. The zero-order valence-electron chi connectivity index (χ0n) is 5.90. The van der Waals surface area contributed by atoms with E-state index in [4.69, 9.17) is 15.3 Å². The molecule has 0 spiro atoms. The molecule has 0 aromatic rings. The third-order valence-corrected chi connectivity index (χ3v) is 0.979. The predicted molar refractivity (Wildman–Crippen MR) is 38.3 cm³/mol. The summed E-state index contributed by atoms with van der Waals surface area (Å²) in [5, 5.41) is 27.1. The lowest BCUT2D eigenvalue weighted by atomic mass is 10.3. The second-order valence-electron chi connectivity index (χ2n) is 1.85. The van der Waals surface area contributed by atoms with Gasteiger partial charge in [-0.2, -0.15) is 0 Å². The summed E-state index contributed by atoms with van der Waals surface area (Å²) in [4.78, 5) is 10.0. The molecular formula is C6H11NO4. The minimum Gasteiger partial charge on any atom is -0.465 e. The third-order valence-electron chi connectivity index (χ3n) is 0.979. The van der Waals surface area contributed by atoms with E-state index in [1.54, 1.807) is 0 Å². The fourth-order valence-corrected chi connectivity index (χ4v) is 0.538. The van der Waals surface area contributed by atoms with Crippen molar-refractivity contribution in [2.24, 2.45) is 0 Å². The van der Waals surface area contributed by atoms with E-state index in [0.717, 1.165) is 0 Å². The molecule has 0 aromatic carbocycles. The van der Waals surface area contributed by atoms with Crippen molar-refractivity contribution >= 4 is 6.09 Å². The maximum absolute atomic E-state index is 10.0. The summed E-state index contributed by atoms with van der Waals surface area (Å²) in [6, 6.07) is -0.639. The van der Waals surface area contributed by atoms with Crippen molar-refractivity contribution in [1.82, 2.24) is 5.32 Å². The molecule has 1 amide bonds. The first-order valence-electron chi connectivity index (χ1n) is 3.08. The molecule has 0 aliphatic heterocycles. The third kappa shape index (κ3) is 5.38. The molecule has 4 N–H and O–H groups in total. The van der Waals surface area contributed by atoms with E-state index in [9.17, 15) is 4.79 Å². The van der Waals surface area contributed by atoms with E-state index >= 15 is 0 Å². The van der Waals surface area contributed by atoms with Gasteiger partial charge < -0.3 is 20.6 Å². The van der Waals surface area contributed by atoms with Crippen molar-refractivity contribution in [1.29, 1.82) is 0 Å². The van der Waals surface area contributed by atoms with Crippen LogP contribution in [0.2, 0.25) is 0 Å². The Labute approximate surface area is 64.0 Å². The van der Waals surface area contributed by atoms with Crippen LogP contribution in [0.15, 0.2) is 12.2 Å². The van der Waals surface area contributed by atoms with Crippen LogP contribution in [0.4, 0.5) is 4.79 Å². The molecule has 1 unspecified atom stereocenters. The summed E-state index contributed by atoms with van der Waals surface area (Å²) in [6.07, 6.45) is 1.54. The number of amides is 1. The Morgan fingerprint density at radius 3 is 2.55 bits per heavy atom. The smallest absolute Gasteiger partial charge is 0.405 e. The number of hydrogen-bond donors (Lipinski definition) is 4. The summed E-state index contributed by atoms with van der Waals surface area (Å²) >= 11 is 0. The van der Waals surface area contributed by atoms with Gasteiger partial charge in [-0.3, -0.25) is 0 Å². The van der Waals surface area contributed by atoms with E-state index in [-0.39, 0.29) is 13.2 Å². The van der Waals surface area contributed by atoms with Gasteiger partial charge in [0, 0.05) is 0 Å². The Morgan fingerprint density at radius 2 is 2.18 bits per heavy atom. The highest BCUT2D eigenvalue weighted by molar-refractivity contribution is 5.65. The van der Waals surface area contributed by atoms with Gasteiger partial charge in [0.2, 0.25) is 0 Å². The molecular weight excluding hydrogens is 150 g/mol. The lowest BCUT2D eigenvalue weighted by Crippen LogP contribution is -2.34. The van der Waals surface area contributed by atoms with Crippen molar-refractivity contribution in [3.8, 4) is 0 Å². The summed E-state index contributed by atoms with van der Waals surface area (Å²) in [6.45, 7) is -0.486. The van der Waals surface area contributed by atoms with Gasteiger partial charge >= 0.3 is 6.09 Å². The highest BCUT2D eigenvalue weighted by Gasteiger charge is 2.04. The van der Waals surface area contributed by atoms with Gasteiger partial charge in [0.05, 0.1) is 19.3 Å². The van der Waals surface area contributed by atoms with Crippen molar-refractivity contribution < 1.29 is 20.1 Å². The van der Waals surface area contributed by atoms with Crippen molar-refractivity contribution in [2.45, 2.75) is 6.04 Å². The maximum Gasteiger partial charge on any atom is 0.405 e. The number of aliphatic hydroxyl groups excluding tert-OH is 2. The van der Waals surface area contributed by atoms with Crippen LogP contribution in [0.3, 0.4) is 0 Å².